The average molecular weight is 383 g/mol. The molecule has 0 fully saturated rings. The zero-order valence-corrected chi connectivity index (χ0v) is 19.1. The molecule has 0 saturated heterocycles. The third-order valence-electron chi connectivity index (χ3n) is 4.05. The van der Waals surface area contributed by atoms with E-state index in [2.05, 4.69) is 18.8 Å². The second kappa shape index (κ2) is 19.2. The number of hydrogen-bond acceptors (Lipinski definition) is 4. The maximum Gasteiger partial charge on any atom is 1.00 e. The van der Waals surface area contributed by atoms with Gasteiger partial charge in [-0.2, -0.15) is 0 Å². The van der Waals surface area contributed by atoms with E-state index in [1.807, 2.05) is 0 Å². The molecule has 142 valence electrons. The molecule has 1 N–H and O–H groups in total. The molecule has 0 spiro atoms. The number of unbranched alkanes of at least 4 members (excludes halogenated alkanes) is 11. The Labute approximate surface area is 177 Å². The Morgan fingerprint density at radius 2 is 1.40 bits per heavy atom. The van der Waals surface area contributed by atoms with E-state index in [0.717, 1.165) is 51.4 Å². The van der Waals surface area contributed by atoms with E-state index >= 15 is 0 Å². The van der Waals surface area contributed by atoms with Gasteiger partial charge in [0.1, 0.15) is 6.10 Å². The van der Waals surface area contributed by atoms with Crippen LogP contribution in [0.15, 0.2) is 0 Å². The van der Waals surface area contributed by atoms with Crippen LogP contribution in [0.1, 0.15) is 96.8 Å². The molecule has 0 aromatic heterocycles. The molecule has 0 saturated carbocycles. The fourth-order valence-corrected chi connectivity index (χ4v) is 3.14. The summed E-state index contributed by atoms with van der Waals surface area (Å²) >= 11 is 0. The van der Waals surface area contributed by atoms with Crippen LogP contribution in [0, 0.1) is 11.8 Å². The van der Waals surface area contributed by atoms with Gasteiger partial charge in [0.2, 0.25) is 0 Å². The summed E-state index contributed by atoms with van der Waals surface area (Å²) in [7, 11) is -4.02. The normalized spacial score (nSPS) is 12.1. The zero-order valence-electron chi connectivity index (χ0n) is 16.3. The van der Waals surface area contributed by atoms with E-state index in [9.17, 15) is 18.1 Å². The SMILES string of the molecule is CCCCC[C@@H](O)C#CCCCCCCCCCCCS(=O)(=O)[O-].[Na+]. The maximum absolute atomic E-state index is 10.4. The molecule has 0 rings (SSSR count). The van der Waals surface area contributed by atoms with Gasteiger partial charge in [0.15, 0.2) is 0 Å². The minimum absolute atomic E-state index is 0. The van der Waals surface area contributed by atoms with Crippen molar-refractivity contribution < 1.29 is 47.6 Å². The molecular weight excluding hydrogens is 347 g/mol. The van der Waals surface area contributed by atoms with Crippen molar-refractivity contribution in [1.29, 1.82) is 0 Å². The molecule has 1 atom stereocenters. The molecule has 0 aliphatic carbocycles. The van der Waals surface area contributed by atoms with Crippen molar-refractivity contribution in [2.24, 2.45) is 0 Å². The Morgan fingerprint density at radius 1 is 0.880 bits per heavy atom. The van der Waals surface area contributed by atoms with Gasteiger partial charge in [0.25, 0.3) is 0 Å². The quantitative estimate of drug-likeness (QED) is 0.201. The maximum atomic E-state index is 10.4. The molecule has 0 aliphatic rings. The Hall–Kier alpha value is 0.430. The summed E-state index contributed by atoms with van der Waals surface area (Å²) in [5.74, 6) is 5.78. The van der Waals surface area contributed by atoms with Gasteiger partial charge in [-0.1, -0.05) is 70.6 Å². The van der Waals surface area contributed by atoms with Crippen molar-refractivity contribution >= 4 is 10.1 Å². The Bertz CT molecular complexity index is 440. The third-order valence-corrected chi connectivity index (χ3v) is 4.83. The summed E-state index contributed by atoms with van der Waals surface area (Å²) in [6.07, 6.45) is 13.9. The van der Waals surface area contributed by atoms with E-state index < -0.39 is 16.2 Å². The summed E-state index contributed by atoms with van der Waals surface area (Å²) in [6.45, 7) is 2.15. The van der Waals surface area contributed by atoms with Crippen molar-refractivity contribution in [2.75, 3.05) is 5.75 Å². The predicted octanol–water partition coefficient (Wildman–Crippen LogP) is 1.38. The van der Waals surface area contributed by atoms with E-state index in [0.29, 0.717) is 6.42 Å². The summed E-state index contributed by atoms with van der Waals surface area (Å²) in [4.78, 5) is 0. The van der Waals surface area contributed by atoms with Crippen molar-refractivity contribution in [3.05, 3.63) is 0 Å². The van der Waals surface area contributed by atoms with Crippen LogP contribution in [-0.4, -0.2) is 29.9 Å². The van der Waals surface area contributed by atoms with Crippen molar-refractivity contribution in [1.82, 2.24) is 0 Å². The number of rotatable bonds is 15. The molecule has 0 radical (unpaired) electrons. The monoisotopic (exact) mass is 382 g/mol. The van der Waals surface area contributed by atoms with E-state index in [1.165, 1.54) is 32.1 Å². The molecule has 0 heterocycles. The molecular formula is C19H35NaO4S. The van der Waals surface area contributed by atoms with Crippen LogP contribution in [-0.2, 0) is 10.1 Å². The standard InChI is InChI=1S/C19H36O4S.Na/c1-2-3-13-16-19(20)17-14-11-9-7-5-4-6-8-10-12-15-18-24(21,22)23;/h19-20H,2-13,15-16,18H2,1H3,(H,21,22,23);/q;+1/p-1/t19-;/m1./s1. The zero-order chi connectivity index (χ0) is 18.1. The molecule has 0 unspecified atom stereocenters. The van der Waals surface area contributed by atoms with Crippen LogP contribution in [0.2, 0.25) is 0 Å². The number of hydrogen-bond donors (Lipinski definition) is 1. The van der Waals surface area contributed by atoms with E-state index in [1.54, 1.807) is 0 Å². The third kappa shape index (κ3) is 24.4. The average Bonchev–Trinajstić information content (AvgIpc) is 2.51. The predicted molar refractivity (Wildman–Crippen MR) is 98.7 cm³/mol. The fourth-order valence-electron chi connectivity index (χ4n) is 2.58. The van der Waals surface area contributed by atoms with Crippen LogP contribution in [0.3, 0.4) is 0 Å². The first-order valence-electron chi connectivity index (χ1n) is 9.55. The molecule has 0 aliphatic heterocycles. The van der Waals surface area contributed by atoms with Gasteiger partial charge in [-0.3, -0.25) is 0 Å². The van der Waals surface area contributed by atoms with Gasteiger partial charge in [-0.15, -0.1) is 5.92 Å². The Morgan fingerprint density at radius 3 is 1.92 bits per heavy atom. The van der Waals surface area contributed by atoms with Crippen molar-refractivity contribution in [2.45, 2.75) is 103 Å². The van der Waals surface area contributed by atoms with Crippen LogP contribution in [0.25, 0.3) is 0 Å². The summed E-state index contributed by atoms with van der Waals surface area (Å²) < 4.78 is 31.3. The molecule has 0 amide bonds. The minimum atomic E-state index is -4.02. The van der Waals surface area contributed by atoms with Gasteiger partial charge in [0, 0.05) is 12.2 Å². The van der Waals surface area contributed by atoms with Gasteiger partial charge >= 0.3 is 29.6 Å². The van der Waals surface area contributed by atoms with E-state index in [4.69, 9.17) is 0 Å². The second-order valence-corrected chi connectivity index (χ2v) is 8.05. The first-order chi connectivity index (χ1) is 11.5. The van der Waals surface area contributed by atoms with Gasteiger partial charge in [-0.05, 0) is 25.7 Å². The molecule has 4 nitrogen and oxygen atoms in total. The van der Waals surface area contributed by atoms with Gasteiger partial charge in [0.05, 0.1) is 10.1 Å². The summed E-state index contributed by atoms with van der Waals surface area (Å²) in [5.41, 5.74) is 0. The summed E-state index contributed by atoms with van der Waals surface area (Å²) in [5, 5.41) is 9.66. The molecule has 25 heavy (non-hydrogen) atoms. The second-order valence-electron chi connectivity index (χ2n) is 6.53. The minimum Gasteiger partial charge on any atom is -0.748 e. The van der Waals surface area contributed by atoms with Gasteiger partial charge < -0.3 is 9.66 Å². The Kier molecular flexibility index (Phi) is 21.2. The van der Waals surface area contributed by atoms with Crippen LogP contribution < -0.4 is 29.6 Å². The molecule has 0 bridgehead atoms. The van der Waals surface area contributed by atoms with Crippen LogP contribution in [0.4, 0.5) is 0 Å². The Balaban J connectivity index is 0. The smallest absolute Gasteiger partial charge is 0.748 e. The van der Waals surface area contributed by atoms with E-state index in [-0.39, 0.29) is 35.3 Å². The number of aliphatic hydroxyl groups is 1. The molecule has 0 aromatic rings. The first-order valence-corrected chi connectivity index (χ1v) is 11.1. The first kappa shape index (κ1) is 27.6. The van der Waals surface area contributed by atoms with Crippen molar-refractivity contribution in [3.8, 4) is 11.8 Å². The fraction of sp³-hybridized carbons (Fsp3) is 0.895. The molecule has 0 aromatic carbocycles. The van der Waals surface area contributed by atoms with Crippen LogP contribution in [0.5, 0.6) is 0 Å². The van der Waals surface area contributed by atoms with Gasteiger partial charge in [-0.25, -0.2) is 8.42 Å². The number of aliphatic hydroxyl groups excluding tert-OH is 1. The topological polar surface area (TPSA) is 77.4 Å². The summed E-state index contributed by atoms with van der Waals surface area (Å²) in [6, 6.07) is 0. The van der Waals surface area contributed by atoms with Crippen molar-refractivity contribution in [3.63, 3.8) is 0 Å². The largest absolute Gasteiger partial charge is 1.00 e. The molecule has 6 heteroatoms. The van der Waals surface area contributed by atoms with Crippen LogP contribution >= 0.6 is 0 Å².